The van der Waals surface area contributed by atoms with E-state index in [1.807, 2.05) is 42.5 Å². The van der Waals surface area contributed by atoms with Crippen molar-refractivity contribution < 1.29 is 4.74 Å². The normalized spacial score (nSPS) is 9.24. The molecule has 0 unspecified atom stereocenters. The second-order valence-electron chi connectivity index (χ2n) is 3.25. The number of hydrogen-bond acceptors (Lipinski definition) is 2. The van der Waals surface area contributed by atoms with E-state index in [1.54, 1.807) is 6.20 Å². The minimum Gasteiger partial charge on any atom is -0.478 e. The third-order valence-corrected chi connectivity index (χ3v) is 2.63. The van der Waals surface area contributed by atoms with Gasteiger partial charge in [0.25, 0.3) is 0 Å². The van der Waals surface area contributed by atoms with Gasteiger partial charge in [0, 0.05) is 11.8 Å². The first-order valence-corrected chi connectivity index (χ1v) is 5.93. The van der Waals surface area contributed by atoms with Crippen molar-refractivity contribution in [2.45, 2.75) is 0 Å². The van der Waals surface area contributed by atoms with E-state index in [0.29, 0.717) is 17.0 Å². The molecule has 0 saturated heterocycles. The molecule has 2 aromatic rings. The zero-order valence-electron chi connectivity index (χ0n) is 9.06. The maximum atomic E-state index is 5.48. The predicted molar refractivity (Wildman–Crippen MR) is 70.8 cm³/mol. The van der Waals surface area contributed by atoms with Crippen LogP contribution >= 0.6 is 15.9 Å². The van der Waals surface area contributed by atoms with Crippen LogP contribution in [0.4, 0.5) is 0 Å². The van der Waals surface area contributed by atoms with Crippen molar-refractivity contribution in [3.05, 3.63) is 58.8 Å². The molecule has 2 nitrogen and oxygen atoms in total. The van der Waals surface area contributed by atoms with Crippen LogP contribution in [0, 0.1) is 11.8 Å². The van der Waals surface area contributed by atoms with Gasteiger partial charge in [0.1, 0.15) is 11.2 Å². The third kappa shape index (κ3) is 3.61. The summed E-state index contributed by atoms with van der Waals surface area (Å²) in [6, 6.07) is 13.5. The number of pyridine rings is 1. The summed E-state index contributed by atoms with van der Waals surface area (Å²) in [4.78, 5) is 4.06. The maximum Gasteiger partial charge on any atom is 0.153 e. The Morgan fingerprint density at radius 2 is 1.94 bits per heavy atom. The molecule has 0 fully saturated rings. The zero-order valence-corrected chi connectivity index (χ0v) is 10.6. The average molecular weight is 288 g/mol. The molecule has 1 heterocycles. The Morgan fingerprint density at radius 3 is 2.71 bits per heavy atom. The SMILES string of the molecule is Brc1ncccc1OCC#Cc1ccccc1. The summed E-state index contributed by atoms with van der Waals surface area (Å²) in [5.41, 5.74) is 0.987. The summed E-state index contributed by atoms with van der Waals surface area (Å²) in [5, 5.41) is 0. The van der Waals surface area contributed by atoms with Gasteiger partial charge in [0.15, 0.2) is 5.75 Å². The second-order valence-corrected chi connectivity index (χ2v) is 4.00. The monoisotopic (exact) mass is 287 g/mol. The van der Waals surface area contributed by atoms with E-state index in [0.717, 1.165) is 5.56 Å². The van der Waals surface area contributed by atoms with Crippen LogP contribution in [-0.4, -0.2) is 11.6 Å². The van der Waals surface area contributed by atoms with E-state index in [9.17, 15) is 0 Å². The van der Waals surface area contributed by atoms with Gasteiger partial charge in [-0.3, -0.25) is 0 Å². The molecule has 1 aromatic carbocycles. The molecule has 0 spiro atoms. The topological polar surface area (TPSA) is 22.1 Å². The number of aromatic nitrogens is 1. The van der Waals surface area contributed by atoms with Crippen molar-refractivity contribution in [3.63, 3.8) is 0 Å². The molecule has 84 valence electrons. The average Bonchev–Trinajstić information content (AvgIpc) is 2.38. The fourth-order valence-electron chi connectivity index (χ4n) is 1.25. The van der Waals surface area contributed by atoms with Gasteiger partial charge in [-0.2, -0.15) is 0 Å². The zero-order chi connectivity index (χ0) is 11.9. The highest BCUT2D eigenvalue weighted by atomic mass is 79.9. The summed E-state index contributed by atoms with van der Waals surface area (Å²) in [6.45, 7) is 0.346. The summed E-state index contributed by atoms with van der Waals surface area (Å²) in [6.07, 6.45) is 1.70. The van der Waals surface area contributed by atoms with Crippen molar-refractivity contribution in [1.29, 1.82) is 0 Å². The molecule has 1 aromatic heterocycles. The molecule has 0 N–H and O–H groups in total. The first-order chi connectivity index (χ1) is 8.36. The van der Waals surface area contributed by atoms with Gasteiger partial charge in [0.05, 0.1) is 0 Å². The van der Waals surface area contributed by atoms with E-state index in [2.05, 4.69) is 32.8 Å². The molecule has 0 atom stereocenters. The Morgan fingerprint density at radius 1 is 1.12 bits per heavy atom. The largest absolute Gasteiger partial charge is 0.478 e. The lowest BCUT2D eigenvalue weighted by atomic mass is 10.2. The summed E-state index contributed by atoms with van der Waals surface area (Å²) < 4.78 is 6.17. The lowest BCUT2D eigenvalue weighted by Crippen LogP contribution is -1.95. The number of rotatable bonds is 2. The minimum absolute atomic E-state index is 0.346. The standard InChI is InChI=1S/C14H10BrNO/c15-14-13(9-4-10-16-14)17-11-5-8-12-6-2-1-3-7-12/h1-4,6-7,9-10H,11H2. The highest BCUT2D eigenvalue weighted by molar-refractivity contribution is 9.10. The van der Waals surface area contributed by atoms with Crippen LogP contribution in [0.15, 0.2) is 53.3 Å². The van der Waals surface area contributed by atoms with Gasteiger partial charge in [-0.1, -0.05) is 30.0 Å². The fraction of sp³-hybridized carbons (Fsp3) is 0.0714. The van der Waals surface area contributed by atoms with Crippen LogP contribution in [-0.2, 0) is 0 Å². The highest BCUT2D eigenvalue weighted by Gasteiger charge is 1.97. The minimum atomic E-state index is 0.346. The molecule has 0 aliphatic heterocycles. The summed E-state index contributed by atoms with van der Waals surface area (Å²) in [5.74, 6) is 6.68. The van der Waals surface area contributed by atoms with Gasteiger partial charge in [-0.05, 0) is 40.2 Å². The first-order valence-electron chi connectivity index (χ1n) is 5.13. The molecule has 0 bridgehead atoms. The highest BCUT2D eigenvalue weighted by Crippen LogP contribution is 2.20. The van der Waals surface area contributed by atoms with E-state index in [1.165, 1.54) is 0 Å². The van der Waals surface area contributed by atoms with Crippen LogP contribution in [0.1, 0.15) is 5.56 Å². The lowest BCUT2D eigenvalue weighted by Gasteiger charge is -2.02. The number of benzene rings is 1. The lowest BCUT2D eigenvalue weighted by molar-refractivity contribution is 0.366. The van der Waals surface area contributed by atoms with Crippen molar-refractivity contribution in [2.24, 2.45) is 0 Å². The molecule has 3 heteroatoms. The Labute approximate surface area is 109 Å². The van der Waals surface area contributed by atoms with Crippen LogP contribution < -0.4 is 4.74 Å². The molecule has 2 rings (SSSR count). The quantitative estimate of drug-likeness (QED) is 0.625. The number of halogens is 1. The van der Waals surface area contributed by atoms with Gasteiger partial charge < -0.3 is 4.74 Å². The summed E-state index contributed by atoms with van der Waals surface area (Å²) >= 11 is 3.31. The molecule has 0 radical (unpaired) electrons. The van der Waals surface area contributed by atoms with E-state index in [-0.39, 0.29) is 0 Å². The number of ether oxygens (including phenoxy) is 1. The van der Waals surface area contributed by atoms with Gasteiger partial charge in [0.2, 0.25) is 0 Å². The van der Waals surface area contributed by atoms with Crippen molar-refractivity contribution in [2.75, 3.05) is 6.61 Å². The van der Waals surface area contributed by atoms with Gasteiger partial charge in [-0.15, -0.1) is 0 Å². The van der Waals surface area contributed by atoms with Crippen LogP contribution in [0.2, 0.25) is 0 Å². The molecule has 0 aliphatic carbocycles. The molecule has 0 aliphatic rings. The Bertz CT molecular complexity index is 543. The van der Waals surface area contributed by atoms with Gasteiger partial charge >= 0.3 is 0 Å². The fourth-order valence-corrected chi connectivity index (χ4v) is 1.62. The number of nitrogens with zero attached hydrogens (tertiary/aromatic N) is 1. The molecule has 17 heavy (non-hydrogen) atoms. The Hall–Kier alpha value is -1.79. The Balaban J connectivity index is 1.93. The van der Waals surface area contributed by atoms with E-state index >= 15 is 0 Å². The summed E-state index contributed by atoms with van der Waals surface area (Å²) in [7, 11) is 0. The molecule has 0 amide bonds. The van der Waals surface area contributed by atoms with Gasteiger partial charge in [-0.25, -0.2) is 4.98 Å². The van der Waals surface area contributed by atoms with E-state index < -0.39 is 0 Å². The third-order valence-electron chi connectivity index (χ3n) is 2.03. The van der Waals surface area contributed by atoms with Crippen molar-refractivity contribution >= 4 is 15.9 Å². The molecular formula is C14H10BrNO. The Kier molecular flexibility index (Phi) is 4.17. The second kappa shape index (κ2) is 6.07. The predicted octanol–water partition coefficient (Wildman–Crippen LogP) is 3.27. The number of hydrogen-bond donors (Lipinski definition) is 0. The van der Waals surface area contributed by atoms with E-state index in [4.69, 9.17) is 4.74 Å². The first kappa shape index (κ1) is 11.7. The van der Waals surface area contributed by atoms with Crippen LogP contribution in [0.5, 0.6) is 5.75 Å². The maximum absolute atomic E-state index is 5.48. The van der Waals surface area contributed by atoms with Crippen LogP contribution in [0.25, 0.3) is 0 Å². The molecular weight excluding hydrogens is 278 g/mol. The van der Waals surface area contributed by atoms with Crippen molar-refractivity contribution in [3.8, 4) is 17.6 Å². The smallest absolute Gasteiger partial charge is 0.153 e. The molecule has 0 saturated carbocycles. The van der Waals surface area contributed by atoms with Crippen molar-refractivity contribution in [1.82, 2.24) is 4.98 Å². The van der Waals surface area contributed by atoms with Crippen LogP contribution in [0.3, 0.4) is 0 Å².